The Morgan fingerprint density at radius 1 is 1.22 bits per heavy atom. The molecule has 0 saturated carbocycles. The van der Waals surface area contributed by atoms with Crippen LogP contribution in [0.3, 0.4) is 0 Å². The number of benzene rings is 1. The van der Waals surface area contributed by atoms with Crippen LogP contribution >= 0.6 is 27.5 Å². The molecular weight excluding hydrogens is 318 g/mol. The van der Waals surface area contributed by atoms with Gasteiger partial charge in [0, 0.05) is 16.8 Å². The molecule has 2 heterocycles. The van der Waals surface area contributed by atoms with Crippen LogP contribution in [0.1, 0.15) is 0 Å². The van der Waals surface area contributed by atoms with E-state index >= 15 is 0 Å². The van der Waals surface area contributed by atoms with Gasteiger partial charge >= 0.3 is 5.69 Å². The van der Waals surface area contributed by atoms with Crippen molar-refractivity contribution in [3.05, 3.63) is 56.5 Å². The fourth-order valence-electron chi connectivity index (χ4n) is 1.79. The highest BCUT2D eigenvalue weighted by Gasteiger charge is 2.10. The zero-order valence-electron chi connectivity index (χ0n) is 9.02. The number of nitrogens with one attached hydrogen (secondary N) is 1. The number of aromatic amines is 1. The van der Waals surface area contributed by atoms with Crippen LogP contribution in [-0.2, 0) is 0 Å². The summed E-state index contributed by atoms with van der Waals surface area (Å²) in [5.74, 6) is 0. The van der Waals surface area contributed by atoms with E-state index < -0.39 is 0 Å². The van der Waals surface area contributed by atoms with Crippen LogP contribution in [0.2, 0.25) is 5.02 Å². The third kappa shape index (κ3) is 1.76. The predicted octanol–water partition coefficient (Wildman–Crippen LogP) is 3.11. The minimum Gasteiger partial charge on any atom is -0.249 e. The third-order valence-electron chi connectivity index (χ3n) is 2.68. The Morgan fingerprint density at radius 2 is 1.94 bits per heavy atom. The smallest absolute Gasteiger partial charge is 0.249 e. The van der Waals surface area contributed by atoms with Gasteiger partial charge in [-0.05, 0) is 39.7 Å². The highest BCUT2D eigenvalue weighted by atomic mass is 79.9. The normalized spacial score (nSPS) is 11.0. The molecule has 18 heavy (non-hydrogen) atoms. The number of aromatic nitrogens is 3. The predicted molar refractivity (Wildman–Crippen MR) is 74.0 cm³/mol. The molecule has 0 saturated heterocycles. The molecule has 4 nitrogen and oxygen atoms in total. The molecule has 2 aromatic heterocycles. The lowest BCUT2D eigenvalue weighted by molar-refractivity contribution is 1.02. The SMILES string of the molecule is O=c1[nH]nc2c(Br)c(-c3ccc(Cl)cc3)ccn12. The van der Waals surface area contributed by atoms with Gasteiger partial charge in [0.15, 0.2) is 5.65 Å². The van der Waals surface area contributed by atoms with Crippen molar-refractivity contribution in [2.45, 2.75) is 0 Å². The molecule has 0 spiro atoms. The number of hydrogen-bond donors (Lipinski definition) is 1. The summed E-state index contributed by atoms with van der Waals surface area (Å²) < 4.78 is 2.22. The molecule has 0 bridgehead atoms. The Morgan fingerprint density at radius 3 is 2.67 bits per heavy atom. The maximum atomic E-state index is 11.4. The maximum Gasteiger partial charge on any atom is 0.347 e. The van der Waals surface area contributed by atoms with E-state index in [9.17, 15) is 4.79 Å². The fourth-order valence-corrected chi connectivity index (χ4v) is 2.56. The first kappa shape index (κ1) is 11.5. The Kier molecular flexibility index (Phi) is 2.72. The molecule has 6 heteroatoms. The Hall–Kier alpha value is -1.59. The lowest BCUT2D eigenvalue weighted by Gasteiger charge is -2.05. The average molecular weight is 325 g/mol. The molecule has 0 amide bonds. The summed E-state index contributed by atoms with van der Waals surface area (Å²) in [6, 6.07) is 9.35. The second-order valence-electron chi connectivity index (χ2n) is 3.77. The number of H-pyrrole nitrogens is 1. The van der Waals surface area contributed by atoms with Crippen molar-refractivity contribution >= 4 is 33.2 Å². The minimum absolute atomic E-state index is 0.256. The first-order valence-electron chi connectivity index (χ1n) is 5.18. The van der Waals surface area contributed by atoms with Crippen molar-refractivity contribution in [3.63, 3.8) is 0 Å². The summed E-state index contributed by atoms with van der Waals surface area (Å²) in [6.45, 7) is 0. The Balaban J connectivity index is 2.27. The molecule has 0 fully saturated rings. The summed E-state index contributed by atoms with van der Waals surface area (Å²) in [5.41, 5.74) is 2.27. The number of fused-ring (bicyclic) bond motifs is 1. The van der Waals surface area contributed by atoms with Crippen molar-refractivity contribution in [1.29, 1.82) is 0 Å². The van der Waals surface area contributed by atoms with Gasteiger partial charge in [-0.2, -0.15) is 5.10 Å². The second-order valence-corrected chi connectivity index (χ2v) is 5.00. The molecule has 3 rings (SSSR count). The van der Waals surface area contributed by atoms with Gasteiger partial charge in [-0.3, -0.25) is 0 Å². The highest BCUT2D eigenvalue weighted by Crippen LogP contribution is 2.30. The second kappa shape index (κ2) is 4.26. The van der Waals surface area contributed by atoms with Crippen LogP contribution in [0, 0.1) is 0 Å². The lowest BCUT2D eigenvalue weighted by atomic mass is 10.1. The number of rotatable bonds is 1. The molecule has 1 N–H and O–H groups in total. The van der Waals surface area contributed by atoms with Crippen molar-refractivity contribution in [2.24, 2.45) is 0 Å². The van der Waals surface area contributed by atoms with Gasteiger partial charge in [-0.15, -0.1) is 0 Å². The number of halogens is 2. The molecule has 0 aliphatic carbocycles. The molecule has 0 aliphatic heterocycles. The molecule has 3 aromatic rings. The molecule has 90 valence electrons. The third-order valence-corrected chi connectivity index (χ3v) is 3.72. The largest absolute Gasteiger partial charge is 0.347 e. The molecule has 0 radical (unpaired) electrons. The van der Waals surface area contributed by atoms with Crippen molar-refractivity contribution in [3.8, 4) is 11.1 Å². The van der Waals surface area contributed by atoms with E-state index in [-0.39, 0.29) is 5.69 Å². The van der Waals surface area contributed by atoms with E-state index in [1.54, 1.807) is 6.20 Å². The average Bonchev–Trinajstić information content (AvgIpc) is 2.74. The Bertz CT molecular complexity index is 776. The van der Waals surface area contributed by atoms with E-state index in [4.69, 9.17) is 11.6 Å². The van der Waals surface area contributed by atoms with E-state index in [2.05, 4.69) is 26.1 Å². The standard InChI is InChI=1S/C12H7BrClN3O/c13-10-9(7-1-3-8(14)4-2-7)5-6-17-11(10)15-16-12(17)18/h1-6H,(H,16,18). The molecule has 0 atom stereocenters. The minimum atomic E-state index is -0.256. The lowest BCUT2D eigenvalue weighted by Crippen LogP contribution is -2.08. The fraction of sp³-hybridized carbons (Fsp3) is 0. The van der Waals surface area contributed by atoms with Crippen molar-refractivity contribution in [2.75, 3.05) is 0 Å². The maximum absolute atomic E-state index is 11.4. The summed E-state index contributed by atoms with van der Waals surface area (Å²) in [5, 5.41) is 7.07. The van der Waals surface area contributed by atoms with Gasteiger partial charge in [0.2, 0.25) is 0 Å². The first-order valence-corrected chi connectivity index (χ1v) is 6.35. The summed E-state index contributed by atoms with van der Waals surface area (Å²) in [7, 11) is 0. The first-order chi connectivity index (χ1) is 8.66. The molecular formula is C12H7BrClN3O. The highest BCUT2D eigenvalue weighted by molar-refractivity contribution is 9.10. The van der Waals surface area contributed by atoms with Crippen LogP contribution in [0.15, 0.2) is 45.8 Å². The number of hydrogen-bond acceptors (Lipinski definition) is 2. The van der Waals surface area contributed by atoms with Crippen LogP contribution in [-0.4, -0.2) is 14.6 Å². The summed E-state index contributed by atoms with van der Waals surface area (Å²) in [6.07, 6.45) is 1.69. The molecule has 1 aromatic carbocycles. The van der Waals surface area contributed by atoms with Gasteiger partial charge in [0.25, 0.3) is 0 Å². The quantitative estimate of drug-likeness (QED) is 0.748. The van der Waals surface area contributed by atoms with Gasteiger partial charge in [0.05, 0.1) is 4.47 Å². The van der Waals surface area contributed by atoms with Gasteiger partial charge in [0.1, 0.15) is 0 Å². The molecule has 0 aliphatic rings. The van der Waals surface area contributed by atoms with E-state index in [0.717, 1.165) is 15.6 Å². The Labute approximate surface area is 115 Å². The van der Waals surface area contributed by atoms with E-state index in [1.807, 2.05) is 30.3 Å². The van der Waals surface area contributed by atoms with Crippen molar-refractivity contribution in [1.82, 2.24) is 14.6 Å². The van der Waals surface area contributed by atoms with Gasteiger partial charge in [-0.25, -0.2) is 14.3 Å². The summed E-state index contributed by atoms with van der Waals surface area (Å²) >= 11 is 9.34. The van der Waals surface area contributed by atoms with Crippen LogP contribution in [0.25, 0.3) is 16.8 Å². The van der Waals surface area contributed by atoms with Gasteiger partial charge in [-0.1, -0.05) is 23.7 Å². The number of pyridine rings is 1. The topological polar surface area (TPSA) is 50.2 Å². The van der Waals surface area contributed by atoms with Gasteiger partial charge < -0.3 is 0 Å². The van der Waals surface area contributed by atoms with E-state index in [0.29, 0.717) is 10.7 Å². The van der Waals surface area contributed by atoms with E-state index in [1.165, 1.54) is 4.40 Å². The monoisotopic (exact) mass is 323 g/mol. The van der Waals surface area contributed by atoms with Crippen LogP contribution in [0.5, 0.6) is 0 Å². The van der Waals surface area contributed by atoms with Crippen LogP contribution in [0.4, 0.5) is 0 Å². The molecule has 0 unspecified atom stereocenters. The summed E-state index contributed by atoms with van der Waals surface area (Å²) in [4.78, 5) is 11.4. The zero-order chi connectivity index (χ0) is 12.7. The van der Waals surface area contributed by atoms with Crippen molar-refractivity contribution < 1.29 is 0 Å². The van der Waals surface area contributed by atoms with Crippen LogP contribution < -0.4 is 5.69 Å². The zero-order valence-corrected chi connectivity index (χ0v) is 11.4. The number of nitrogens with zero attached hydrogens (tertiary/aromatic N) is 2.